The molecule has 0 aliphatic rings. The van der Waals surface area contributed by atoms with Crippen LogP contribution in [-0.2, 0) is 21.0 Å². The molecule has 0 aromatic carbocycles. The van der Waals surface area contributed by atoms with Gasteiger partial charge in [-0.3, -0.25) is 0 Å². The predicted octanol–water partition coefficient (Wildman–Crippen LogP) is 5.64. The Balaban J connectivity index is -0.000000410. The van der Waals surface area contributed by atoms with E-state index in [4.69, 9.17) is 3.67 Å². The van der Waals surface area contributed by atoms with E-state index in [1.54, 1.807) is 6.08 Å². The first-order valence-corrected chi connectivity index (χ1v) is 10.4. The third kappa shape index (κ3) is 20.1. The van der Waals surface area contributed by atoms with E-state index < -0.39 is 12.2 Å². The molecule has 0 radical (unpaired) electrons. The van der Waals surface area contributed by atoms with Gasteiger partial charge in [-0.05, 0) is 35.8 Å². The Kier molecular flexibility index (Phi) is 17.5. The van der Waals surface area contributed by atoms with Crippen LogP contribution >= 0.6 is 0 Å². The summed E-state index contributed by atoms with van der Waals surface area (Å²) >= 11 is 1.06. The third-order valence-corrected chi connectivity index (χ3v) is 3.69. The van der Waals surface area contributed by atoms with E-state index in [0.717, 1.165) is 17.4 Å². The molecule has 5 nitrogen and oxygen atoms in total. The molecule has 4 N–H and O–H groups in total. The van der Waals surface area contributed by atoms with Gasteiger partial charge in [-0.1, -0.05) is 69.2 Å². The molecular formula is C22H44O5V. The maximum absolute atomic E-state index is 9.68. The van der Waals surface area contributed by atoms with Crippen molar-refractivity contribution in [3.63, 3.8) is 0 Å². The van der Waals surface area contributed by atoms with E-state index in [-0.39, 0.29) is 16.6 Å². The van der Waals surface area contributed by atoms with Crippen molar-refractivity contribution in [1.82, 2.24) is 0 Å². The molecule has 167 valence electrons. The van der Waals surface area contributed by atoms with Gasteiger partial charge >= 0.3 is 21.0 Å². The van der Waals surface area contributed by atoms with Crippen LogP contribution in [0.5, 0.6) is 0 Å². The Labute approximate surface area is 182 Å². The number of aliphatic hydroxyl groups is 4. The molecule has 0 spiro atoms. The fraction of sp³-hybridized carbons (Fsp3) is 0.818. The maximum atomic E-state index is 9.68. The summed E-state index contributed by atoms with van der Waals surface area (Å²) in [5.74, 6) is 1.44. The fourth-order valence-electron chi connectivity index (χ4n) is 1.91. The molecule has 2 atom stereocenters. The van der Waals surface area contributed by atoms with E-state index in [0.29, 0.717) is 30.4 Å². The van der Waals surface area contributed by atoms with Gasteiger partial charge in [-0.2, -0.15) is 0 Å². The second kappa shape index (κ2) is 15.3. The Hall–Kier alpha value is -0.616. The molecule has 0 aliphatic heterocycles. The third-order valence-electron chi connectivity index (χ3n) is 3.69. The number of allylic oxidation sites excluding steroid dienone is 2. The molecule has 0 fully saturated rings. The van der Waals surface area contributed by atoms with Crippen molar-refractivity contribution in [2.24, 2.45) is 22.7 Å². The number of rotatable bonds is 6. The summed E-state index contributed by atoms with van der Waals surface area (Å²) in [7, 11) is 0. The zero-order valence-corrected chi connectivity index (χ0v) is 20.9. The molecule has 0 heterocycles. The van der Waals surface area contributed by atoms with Crippen molar-refractivity contribution >= 4 is 0 Å². The minimum absolute atomic E-state index is 0.223. The van der Waals surface area contributed by atoms with Crippen LogP contribution in [0.4, 0.5) is 0 Å². The van der Waals surface area contributed by atoms with E-state index in [1.165, 1.54) is 6.08 Å². The quantitative estimate of drug-likeness (QED) is 0.402. The van der Waals surface area contributed by atoms with E-state index in [1.807, 2.05) is 55.4 Å². The van der Waals surface area contributed by atoms with Crippen LogP contribution in [0.1, 0.15) is 82.1 Å². The van der Waals surface area contributed by atoms with E-state index in [9.17, 15) is 20.4 Å². The SMILES string of the molecule is CC(C)(C)C(O)=CC(O)C(C)(C)C.CC(C)CC(O)=CC(O)CC(C)C.[O]=[V]. The summed E-state index contributed by atoms with van der Waals surface area (Å²) in [5, 5.41) is 38.2. The van der Waals surface area contributed by atoms with Crippen LogP contribution in [0.25, 0.3) is 0 Å². The van der Waals surface area contributed by atoms with Crippen molar-refractivity contribution in [2.45, 2.75) is 94.3 Å². The van der Waals surface area contributed by atoms with E-state index >= 15 is 0 Å². The number of hydrogen-bond donors (Lipinski definition) is 4. The zero-order chi connectivity index (χ0) is 23.3. The molecule has 0 saturated carbocycles. The van der Waals surface area contributed by atoms with Gasteiger partial charge in [0.25, 0.3) is 0 Å². The normalized spacial score (nSPS) is 15.3. The van der Waals surface area contributed by atoms with Gasteiger partial charge in [0.2, 0.25) is 0 Å². The number of aliphatic hydroxyl groups excluding tert-OH is 4. The van der Waals surface area contributed by atoms with Crippen molar-refractivity contribution in [2.75, 3.05) is 0 Å². The molecule has 28 heavy (non-hydrogen) atoms. The van der Waals surface area contributed by atoms with Gasteiger partial charge < -0.3 is 20.4 Å². The molecule has 0 rings (SSSR count). The standard InChI is InChI=1S/2C11H22O2.O.V/c1-10(2,3)8(12)7-9(13)11(4,5)6;1-8(2)5-10(12)7-11(13)6-9(3)4;;/h7-8,12-13H,1-6H3;7-10,12-13H,5-6H2,1-4H3;;. The molecule has 0 amide bonds. The second-order valence-corrected chi connectivity index (χ2v) is 10.1. The Bertz CT molecular complexity index is 457. The van der Waals surface area contributed by atoms with Crippen molar-refractivity contribution in [3.05, 3.63) is 23.7 Å². The first-order chi connectivity index (χ1) is 12.5. The molecular weight excluding hydrogens is 395 g/mol. The van der Waals surface area contributed by atoms with Gasteiger partial charge in [0.05, 0.1) is 23.7 Å². The van der Waals surface area contributed by atoms with Crippen molar-refractivity contribution < 1.29 is 41.5 Å². The monoisotopic (exact) mass is 439 g/mol. The van der Waals surface area contributed by atoms with Crippen LogP contribution < -0.4 is 0 Å². The summed E-state index contributed by atoms with van der Waals surface area (Å²) in [5.41, 5.74) is -0.508. The Morgan fingerprint density at radius 3 is 1.57 bits per heavy atom. The summed E-state index contributed by atoms with van der Waals surface area (Å²) in [6.07, 6.45) is 3.34. The molecule has 0 bridgehead atoms. The summed E-state index contributed by atoms with van der Waals surface area (Å²) < 4.78 is 8.19. The van der Waals surface area contributed by atoms with Crippen molar-refractivity contribution in [3.8, 4) is 0 Å². The molecule has 0 saturated heterocycles. The summed E-state index contributed by atoms with van der Waals surface area (Å²) in [4.78, 5) is 0. The van der Waals surface area contributed by atoms with Crippen LogP contribution in [0.2, 0.25) is 0 Å². The summed E-state index contributed by atoms with van der Waals surface area (Å²) in [6, 6.07) is 0. The van der Waals surface area contributed by atoms with Crippen molar-refractivity contribution in [1.29, 1.82) is 0 Å². The first kappa shape index (κ1) is 32.1. The van der Waals surface area contributed by atoms with Gasteiger partial charge in [0, 0.05) is 11.8 Å². The molecule has 0 aliphatic carbocycles. The molecule has 0 aromatic heterocycles. The first-order valence-electron chi connectivity index (χ1n) is 9.82. The molecule has 6 heteroatoms. The average molecular weight is 440 g/mol. The zero-order valence-electron chi connectivity index (χ0n) is 19.5. The van der Waals surface area contributed by atoms with Crippen LogP contribution in [0.3, 0.4) is 0 Å². The average Bonchev–Trinajstić information content (AvgIpc) is 2.45. The Morgan fingerprint density at radius 1 is 0.857 bits per heavy atom. The van der Waals surface area contributed by atoms with Crippen LogP contribution in [0, 0.1) is 22.7 Å². The van der Waals surface area contributed by atoms with Crippen LogP contribution in [-0.4, -0.2) is 32.6 Å². The molecule has 2 unspecified atom stereocenters. The minimum atomic E-state index is -0.605. The van der Waals surface area contributed by atoms with Gasteiger partial charge in [0.15, 0.2) is 0 Å². The second-order valence-electron chi connectivity index (χ2n) is 10.1. The van der Waals surface area contributed by atoms with Gasteiger partial charge in [0.1, 0.15) is 0 Å². The topological polar surface area (TPSA) is 98.0 Å². The number of hydrogen-bond acceptors (Lipinski definition) is 5. The van der Waals surface area contributed by atoms with E-state index in [2.05, 4.69) is 13.8 Å². The van der Waals surface area contributed by atoms with Crippen LogP contribution in [0.15, 0.2) is 23.7 Å². The summed E-state index contributed by atoms with van der Waals surface area (Å²) in [6.45, 7) is 19.7. The van der Waals surface area contributed by atoms with Gasteiger partial charge in [-0.15, -0.1) is 0 Å². The molecule has 0 aromatic rings. The fourth-order valence-corrected chi connectivity index (χ4v) is 1.91. The Morgan fingerprint density at radius 2 is 1.29 bits per heavy atom. The predicted molar refractivity (Wildman–Crippen MR) is 112 cm³/mol. The van der Waals surface area contributed by atoms with Gasteiger partial charge in [-0.25, -0.2) is 0 Å².